The van der Waals surface area contributed by atoms with Gasteiger partial charge in [0.15, 0.2) is 0 Å². The second-order valence-electron chi connectivity index (χ2n) is 8.62. The van der Waals surface area contributed by atoms with E-state index in [1.54, 1.807) is 6.07 Å². The largest absolute Gasteiger partial charge is 0.363 e. The Kier molecular flexibility index (Phi) is 5.36. The third kappa shape index (κ3) is 3.79. The van der Waals surface area contributed by atoms with Crippen molar-refractivity contribution in [3.8, 4) is 0 Å². The summed E-state index contributed by atoms with van der Waals surface area (Å²) in [6.45, 7) is 8.89. The van der Waals surface area contributed by atoms with Gasteiger partial charge in [0.25, 0.3) is 5.91 Å². The van der Waals surface area contributed by atoms with Gasteiger partial charge in [0.2, 0.25) is 0 Å². The van der Waals surface area contributed by atoms with Crippen LogP contribution in [0.1, 0.15) is 44.4 Å². The smallest absolute Gasteiger partial charge is 0.329 e. The standard InChI is InChI=1S/C25H25F2N3O2/c1-5-30-22-12-20(27)17(10-19(22)15(2)13-25(30,3)4)11-21-23(31)29(24(32)28-21)14-16-6-8-18(26)9-7-16/h6-13H,5,14H2,1-4H3,(H,28,32)/b21-11+. The summed E-state index contributed by atoms with van der Waals surface area (Å²) in [5.74, 6) is -1.43. The molecule has 2 heterocycles. The average molecular weight is 437 g/mol. The van der Waals surface area contributed by atoms with E-state index in [9.17, 15) is 14.0 Å². The highest BCUT2D eigenvalue weighted by Crippen LogP contribution is 2.40. The summed E-state index contributed by atoms with van der Waals surface area (Å²) < 4.78 is 28.2. The van der Waals surface area contributed by atoms with Crippen molar-refractivity contribution in [2.75, 3.05) is 11.4 Å². The van der Waals surface area contributed by atoms with Gasteiger partial charge < -0.3 is 10.2 Å². The van der Waals surface area contributed by atoms with Crippen LogP contribution in [-0.2, 0) is 11.3 Å². The van der Waals surface area contributed by atoms with Gasteiger partial charge in [-0.1, -0.05) is 18.2 Å². The molecule has 1 saturated heterocycles. The Bertz CT molecular complexity index is 1170. The van der Waals surface area contributed by atoms with Crippen LogP contribution in [0.25, 0.3) is 11.6 Å². The SMILES string of the molecule is CCN1c2cc(F)c(/C=C3/NC(=O)N(Cc4ccc(F)cc4)C3=O)cc2C(C)=CC1(C)C. The number of rotatable bonds is 4. The summed E-state index contributed by atoms with van der Waals surface area (Å²) in [7, 11) is 0. The molecule has 0 spiro atoms. The average Bonchev–Trinajstić information content (AvgIpc) is 2.98. The minimum absolute atomic E-state index is 0.00100. The van der Waals surface area contributed by atoms with Gasteiger partial charge in [0.05, 0.1) is 12.1 Å². The van der Waals surface area contributed by atoms with Crippen LogP contribution in [0.4, 0.5) is 19.3 Å². The summed E-state index contributed by atoms with van der Waals surface area (Å²) in [6, 6.07) is 8.16. The van der Waals surface area contributed by atoms with Crippen molar-refractivity contribution < 1.29 is 18.4 Å². The van der Waals surface area contributed by atoms with Crippen molar-refractivity contribution in [1.82, 2.24) is 10.2 Å². The lowest BCUT2D eigenvalue weighted by atomic mass is 9.88. The maximum atomic E-state index is 15.1. The molecule has 2 aliphatic rings. The molecule has 0 atom stereocenters. The summed E-state index contributed by atoms with van der Waals surface area (Å²) in [4.78, 5) is 28.3. The lowest BCUT2D eigenvalue weighted by Crippen LogP contribution is -2.45. The number of halogens is 2. The van der Waals surface area contributed by atoms with E-state index >= 15 is 4.39 Å². The Labute approximate surface area is 186 Å². The molecule has 3 amide bonds. The lowest BCUT2D eigenvalue weighted by Gasteiger charge is -2.42. The van der Waals surface area contributed by atoms with Gasteiger partial charge >= 0.3 is 6.03 Å². The van der Waals surface area contributed by atoms with Crippen LogP contribution in [0.5, 0.6) is 0 Å². The highest BCUT2D eigenvalue weighted by atomic mass is 19.1. The molecule has 32 heavy (non-hydrogen) atoms. The first-order valence-corrected chi connectivity index (χ1v) is 10.5. The monoisotopic (exact) mass is 437 g/mol. The Hall–Kier alpha value is -3.48. The van der Waals surface area contributed by atoms with Crippen LogP contribution in [-0.4, -0.2) is 28.9 Å². The molecule has 0 unspecified atom stereocenters. The number of likely N-dealkylation sites (N-methyl/N-ethyl adjacent to an activating group) is 1. The number of anilines is 1. The zero-order valence-corrected chi connectivity index (χ0v) is 18.5. The zero-order chi connectivity index (χ0) is 23.2. The fraction of sp³-hybridized carbons (Fsp3) is 0.280. The van der Waals surface area contributed by atoms with E-state index in [-0.39, 0.29) is 23.3 Å². The van der Waals surface area contributed by atoms with Crippen molar-refractivity contribution in [3.05, 3.63) is 76.5 Å². The topological polar surface area (TPSA) is 52.7 Å². The number of allylic oxidation sites excluding steroid dienone is 1. The molecule has 5 nitrogen and oxygen atoms in total. The molecule has 166 valence electrons. The van der Waals surface area contributed by atoms with Crippen molar-refractivity contribution in [2.45, 2.75) is 39.8 Å². The lowest BCUT2D eigenvalue weighted by molar-refractivity contribution is -0.123. The van der Waals surface area contributed by atoms with Gasteiger partial charge in [0, 0.05) is 23.4 Å². The zero-order valence-electron chi connectivity index (χ0n) is 18.5. The molecule has 2 aromatic rings. The number of urea groups is 1. The van der Waals surface area contributed by atoms with E-state index in [1.807, 2.05) is 13.8 Å². The molecule has 7 heteroatoms. The number of carbonyl (C=O) groups excluding carboxylic acids is 2. The third-order valence-electron chi connectivity index (χ3n) is 5.93. The second-order valence-corrected chi connectivity index (χ2v) is 8.62. The van der Waals surface area contributed by atoms with Crippen LogP contribution in [0.2, 0.25) is 0 Å². The van der Waals surface area contributed by atoms with Crippen molar-refractivity contribution in [1.29, 1.82) is 0 Å². The molecule has 0 saturated carbocycles. The van der Waals surface area contributed by atoms with Crippen LogP contribution < -0.4 is 10.2 Å². The van der Waals surface area contributed by atoms with Crippen molar-refractivity contribution in [3.63, 3.8) is 0 Å². The number of imide groups is 1. The van der Waals surface area contributed by atoms with Crippen LogP contribution in [0.15, 0.2) is 48.2 Å². The Balaban J connectivity index is 1.66. The number of hydrogen-bond donors (Lipinski definition) is 1. The summed E-state index contributed by atoms with van der Waals surface area (Å²) in [5, 5.41) is 2.52. The van der Waals surface area contributed by atoms with Gasteiger partial charge in [-0.25, -0.2) is 13.6 Å². The normalized spacial score (nSPS) is 18.7. The summed E-state index contributed by atoms with van der Waals surface area (Å²) in [6.07, 6.45) is 3.50. The maximum absolute atomic E-state index is 15.1. The molecule has 2 aliphatic heterocycles. The minimum atomic E-state index is -0.598. The summed E-state index contributed by atoms with van der Waals surface area (Å²) in [5.41, 5.74) is 3.30. The Morgan fingerprint density at radius 3 is 2.44 bits per heavy atom. The van der Waals surface area contributed by atoms with E-state index in [2.05, 4.69) is 30.1 Å². The Morgan fingerprint density at radius 1 is 1.09 bits per heavy atom. The van der Waals surface area contributed by atoms with Crippen LogP contribution >= 0.6 is 0 Å². The van der Waals surface area contributed by atoms with Crippen molar-refractivity contribution >= 4 is 29.3 Å². The second kappa shape index (κ2) is 7.89. The van der Waals surface area contributed by atoms with E-state index in [0.29, 0.717) is 5.56 Å². The van der Waals surface area contributed by atoms with Gasteiger partial charge in [-0.05, 0) is 69.2 Å². The molecule has 0 aromatic heterocycles. The predicted octanol–water partition coefficient (Wildman–Crippen LogP) is 5.08. The number of nitrogens with zero attached hydrogens (tertiary/aromatic N) is 2. The predicted molar refractivity (Wildman–Crippen MR) is 121 cm³/mol. The number of fused-ring (bicyclic) bond motifs is 1. The third-order valence-corrected chi connectivity index (χ3v) is 5.93. The fourth-order valence-corrected chi connectivity index (χ4v) is 4.45. The number of amides is 3. The highest BCUT2D eigenvalue weighted by molar-refractivity contribution is 6.14. The quantitative estimate of drug-likeness (QED) is 0.536. The molecule has 0 bridgehead atoms. The Morgan fingerprint density at radius 2 is 1.78 bits per heavy atom. The van der Waals surface area contributed by atoms with Gasteiger partial charge in [-0.3, -0.25) is 9.69 Å². The molecule has 1 fully saturated rings. The van der Waals surface area contributed by atoms with E-state index in [1.165, 1.54) is 36.4 Å². The van der Waals surface area contributed by atoms with Gasteiger partial charge in [-0.2, -0.15) is 0 Å². The number of hydrogen-bond acceptors (Lipinski definition) is 3. The minimum Gasteiger partial charge on any atom is -0.363 e. The fourth-order valence-electron chi connectivity index (χ4n) is 4.45. The number of nitrogens with one attached hydrogen (secondary N) is 1. The molecular weight excluding hydrogens is 412 g/mol. The van der Waals surface area contributed by atoms with Crippen LogP contribution in [0, 0.1) is 11.6 Å². The number of carbonyl (C=O) groups is 2. The van der Waals surface area contributed by atoms with Gasteiger partial charge in [0.1, 0.15) is 17.3 Å². The molecular formula is C25H25F2N3O2. The van der Waals surface area contributed by atoms with E-state index in [4.69, 9.17) is 0 Å². The number of benzene rings is 2. The first-order valence-electron chi connectivity index (χ1n) is 10.5. The molecule has 1 N–H and O–H groups in total. The molecule has 2 aromatic carbocycles. The van der Waals surface area contributed by atoms with E-state index in [0.717, 1.165) is 28.3 Å². The molecule has 0 aliphatic carbocycles. The maximum Gasteiger partial charge on any atom is 0.329 e. The highest BCUT2D eigenvalue weighted by Gasteiger charge is 2.34. The summed E-state index contributed by atoms with van der Waals surface area (Å²) >= 11 is 0. The first kappa shape index (κ1) is 21.7. The molecule has 0 radical (unpaired) electrons. The van der Waals surface area contributed by atoms with Crippen molar-refractivity contribution in [2.24, 2.45) is 0 Å². The molecule has 4 rings (SSSR count). The van der Waals surface area contributed by atoms with Gasteiger partial charge in [-0.15, -0.1) is 0 Å². The first-order chi connectivity index (χ1) is 15.1. The van der Waals surface area contributed by atoms with Crippen LogP contribution in [0.3, 0.4) is 0 Å². The van der Waals surface area contributed by atoms with E-state index < -0.39 is 23.6 Å².